The van der Waals surface area contributed by atoms with Gasteiger partial charge < -0.3 is 4.74 Å². The Labute approximate surface area is 138 Å². The van der Waals surface area contributed by atoms with Crippen LogP contribution in [0.1, 0.15) is 11.1 Å². The first-order valence-corrected chi connectivity index (χ1v) is 7.28. The van der Waals surface area contributed by atoms with Crippen LogP contribution >= 0.6 is 23.2 Å². The summed E-state index contributed by atoms with van der Waals surface area (Å²) < 4.78 is 5.04. The van der Waals surface area contributed by atoms with E-state index in [0.717, 1.165) is 11.1 Å². The molecule has 0 aliphatic heterocycles. The minimum Gasteiger partial charge on any atom is -0.426 e. The van der Waals surface area contributed by atoms with E-state index in [4.69, 9.17) is 27.9 Å². The van der Waals surface area contributed by atoms with Crippen molar-refractivity contribution in [2.45, 2.75) is 0 Å². The average Bonchev–Trinajstić information content (AvgIpc) is 2.54. The standard InChI is InChI=1S/C17H11Cl2NO2/c18-10-17(21)22-16-3-1-2-12(9-16)8-14(11-20)13-4-6-15(19)7-5-13/h1-9H,10H2/b14-8-. The molecule has 110 valence electrons. The van der Waals surface area contributed by atoms with E-state index >= 15 is 0 Å². The van der Waals surface area contributed by atoms with Gasteiger partial charge in [0.15, 0.2) is 0 Å². The van der Waals surface area contributed by atoms with Gasteiger partial charge in [0.25, 0.3) is 0 Å². The van der Waals surface area contributed by atoms with Crippen molar-refractivity contribution < 1.29 is 9.53 Å². The van der Waals surface area contributed by atoms with Crippen molar-refractivity contribution in [2.24, 2.45) is 0 Å². The van der Waals surface area contributed by atoms with Crippen molar-refractivity contribution in [1.82, 2.24) is 0 Å². The first-order chi connectivity index (χ1) is 10.6. The van der Waals surface area contributed by atoms with Crippen molar-refractivity contribution in [2.75, 3.05) is 5.88 Å². The van der Waals surface area contributed by atoms with Gasteiger partial charge in [-0.2, -0.15) is 5.26 Å². The molecule has 0 saturated heterocycles. The topological polar surface area (TPSA) is 50.1 Å². The van der Waals surface area contributed by atoms with Crippen molar-refractivity contribution >= 4 is 40.8 Å². The van der Waals surface area contributed by atoms with E-state index in [9.17, 15) is 10.1 Å². The first kappa shape index (κ1) is 16.1. The molecule has 0 fully saturated rings. The van der Waals surface area contributed by atoms with Gasteiger partial charge in [0, 0.05) is 5.02 Å². The van der Waals surface area contributed by atoms with Crippen molar-refractivity contribution in [3.63, 3.8) is 0 Å². The normalized spacial score (nSPS) is 10.9. The average molecular weight is 332 g/mol. The number of ether oxygens (including phenoxy) is 1. The lowest BCUT2D eigenvalue weighted by Crippen LogP contribution is -2.08. The molecule has 2 aromatic rings. The van der Waals surface area contributed by atoms with Gasteiger partial charge in [0.05, 0.1) is 11.6 Å². The molecular formula is C17H11Cl2NO2. The van der Waals surface area contributed by atoms with Crippen LogP contribution in [0.25, 0.3) is 11.6 Å². The molecule has 5 heteroatoms. The summed E-state index contributed by atoms with van der Waals surface area (Å²) in [4.78, 5) is 11.2. The fourth-order valence-electron chi connectivity index (χ4n) is 1.80. The van der Waals surface area contributed by atoms with Gasteiger partial charge >= 0.3 is 5.97 Å². The molecule has 2 rings (SSSR count). The van der Waals surface area contributed by atoms with Gasteiger partial charge in [-0.05, 0) is 41.5 Å². The van der Waals surface area contributed by atoms with E-state index in [1.807, 2.05) is 6.07 Å². The maximum atomic E-state index is 11.2. The fraction of sp³-hybridized carbons (Fsp3) is 0.0588. The van der Waals surface area contributed by atoms with Crippen LogP contribution in [0.5, 0.6) is 5.75 Å². The molecule has 22 heavy (non-hydrogen) atoms. The smallest absolute Gasteiger partial charge is 0.326 e. The number of benzene rings is 2. The van der Waals surface area contributed by atoms with Gasteiger partial charge in [-0.25, -0.2) is 0 Å². The Hall–Kier alpha value is -2.28. The Morgan fingerprint density at radius 3 is 2.59 bits per heavy atom. The van der Waals surface area contributed by atoms with Crippen molar-refractivity contribution in [3.05, 3.63) is 64.7 Å². The first-order valence-electron chi connectivity index (χ1n) is 6.37. The van der Waals surface area contributed by atoms with Crippen molar-refractivity contribution in [3.8, 4) is 11.8 Å². The summed E-state index contributed by atoms with van der Waals surface area (Å²) in [6.45, 7) is 0. The van der Waals surface area contributed by atoms with Gasteiger partial charge in [-0.3, -0.25) is 4.79 Å². The lowest BCUT2D eigenvalue weighted by molar-refractivity contribution is -0.131. The number of nitrogens with zero attached hydrogens (tertiary/aromatic N) is 1. The molecule has 2 aromatic carbocycles. The summed E-state index contributed by atoms with van der Waals surface area (Å²) in [7, 11) is 0. The molecule has 0 radical (unpaired) electrons. The molecule has 0 spiro atoms. The molecule has 0 N–H and O–H groups in total. The van der Waals surface area contributed by atoms with Crippen LogP contribution in [0.2, 0.25) is 5.02 Å². The lowest BCUT2D eigenvalue weighted by Gasteiger charge is -2.04. The number of nitriles is 1. The predicted molar refractivity (Wildman–Crippen MR) is 87.7 cm³/mol. The SMILES string of the molecule is N#C/C(=C/c1cccc(OC(=O)CCl)c1)c1ccc(Cl)cc1. The molecule has 0 aromatic heterocycles. The highest BCUT2D eigenvalue weighted by Crippen LogP contribution is 2.22. The van der Waals surface area contributed by atoms with Crippen LogP contribution < -0.4 is 4.74 Å². The van der Waals surface area contributed by atoms with E-state index in [1.54, 1.807) is 48.5 Å². The second-order valence-electron chi connectivity index (χ2n) is 4.36. The van der Waals surface area contributed by atoms with Crippen LogP contribution in [-0.2, 0) is 4.79 Å². The number of allylic oxidation sites excluding steroid dienone is 1. The molecule has 0 saturated carbocycles. The van der Waals surface area contributed by atoms with E-state index in [-0.39, 0.29) is 5.88 Å². The molecule has 0 heterocycles. The van der Waals surface area contributed by atoms with Crippen LogP contribution in [0.15, 0.2) is 48.5 Å². The summed E-state index contributed by atoms with van der Waals surface area (Å²) in [5.74, 6) is -0.359. The number of carbonyl (C=O) groups excluding carboxylic acids is 1. The predicted octanol–water partition coefficient (Wildman–Crippen LogP) is 4.55. The summed E-state index contributed by atoms with van der Waals surface area (Å²) in [5.41, 5.74) is 1.99. The second-order valence-corrected chi connectivity index (χ2v) is 5.06. The molecule has 3 nitrogen and oxygen atoms in total. The molecular weight excluding hydrogens is 321 g/mol. The number of alkyl halides is 1. The minimum absolute atomic E-state index is 0.214. The summed E-state index contributed by atoms with van der Waals surface area (Å²) in [5, 5.41) is 9.92. The van der Waals surface area contributed by atoms with Gasteiger partial charge in [0.1, 0.15) is 11.6 Å². The highest BCUT2D eigenvalue weighted by Gasteiger charge is 2.05. The van der Waals surface area contributed by atoms with Gasteiger partial charge in [-0.15, -0.1) is 11.6 Å². The Morgan fingerprint density at radius 1 is 1.23 bits per heavy atom. The van der Waals surface area contributed by atoms with Crippen LogP contribution in [0.3, 0.4) is 0 Å². The third kappa shape index (κ3) is 4.36. The zero-order valence-electron chi connectivity index (χ0n) is 11.4. The molecule has 0 unspecified atom stereocenters. The molecule has 0 bridgehead atoms. The second kappa shape index (κ2) is 7.65. The van der Waals surface area contributed by atoms with Crippen LogP contribution in [0.4, 0.5) is 0 Å². The minimum atomic E-state index is -0.527. The Kier molecular flexibility index (Phi) is 5.60. The maximum absolute atomic E-state index is 11.2. The summed E-state index contributed by atoms with van der Waals surface area (Å²) in [6, 6.07) is 16.0. The Bertz CT molecular complexity index is 746. The number of rotatable bonds is 4. The zero-order valence-corrected chi connectivity index (χ0v) is 12.9. The van der Waals surface area contributed by atoms with E-state index in [1.165, 1.54) is 0 Å². The van der Waals surface area contributed by atoms with E-state index in [2.05, 4.69) is 6.07 Å². The van der Waals surface area contributed by atoms with Crippen molar-refractivity contribution in [1.29, 1.82) is 5.26 Å². The number of carbonyl (C=O) groups is 1. The monoisotopic (exact) mass is 331 g/mol. The summed E-state index contributed by atoms with van der Waals surface area (Å²) in [6.07, 6.45) is 1.71. The van der Waals surface area contributed by atoms with Gasteiger partial charge in [-0.1, -0.05) is 35.9 Å². The molecule has 0 aliphatic carbocycles. The maximum Gasteiger partial charge on any atom is 0.326 e. The third-order valence-electron chi connectivity index (χ3n) is 2.79. The van der Waals surface area contributed by atoms with Crippen LogP contribution in [0, 0.1) is 11.3 Å². The van der Waals surface area contributed by atoms with Gasteiger partial charge in [0.2, 0.25) is 0 Å². The molecule has 0 atom stereocenters. The largest absolute Gasteiger partial charge is 0.426 e. The van der Waals surface area contributed by atoms with E-state index in [0.29, 0.717) is 16.3 Å². The number of halogens is 2. The molecule has 0 amide bonds. The van der Waals surface area contributed by atoms with E-state index < -0.39 is 5.97 Å². The number of hydrogen-bond donors (Lipinski definition) is 0. The number of hydrogen-bond acceptors (Lipinski definition) is 3. The fourth-order valence-corrected chi connectivity index (χ4v) is 1.98. The zero-order chi connectivity index (χ0) is 15.9. The highest BCUT2D eigenvalue weighted by molar-refractivity contribution is 6.30. The lowest BCUT2D eigenvalue weighted by atomic mass is 10.0. The number of esters is 1. The Balaban J connectivity index is 2.30. The van der Waals surface area contributed by atoms with Crippen LogP contribution in [-0.4, -0.2) is 11.8 Å². The summed E-state index contributed by atoms with van der Waals surface area (Å²) >= 11 is 11.2. The third-order valence-corrected chi connectivity index (χ3v) is 3.26. The molecule has 0 aliphatic rings. The highest BCUT2D eigenvalue weighted by atomic mass is 35.5. The Morgan fingerprint density at radius 2 is 1.95 bits per heavy atom. The quantitative estimate of drug-likeness (QED) is 0.271.